The quantitative estimate of drug-likeness (QED) is 0.459. The number of hydrogen-bond donors (Lipinski definition) is 1. The first-order valence-electron chi connectivity index (χ1n) is 11.3. The minimum Gasteiger partial charge on any atom is -0.336 e. The van der Waals surface area contributed by atoms with Crippen LogP contribution in [0.4, 0.5) is 11.6 Å². The first kappa shape index (κ1) is 23.0. The van der Waals surface area contributed by atoms with Crippen LogP contribution in [0.5, 0.6) is 0 Å². The van der Waals surface area contributed by atoms with Crippen molar-refractivity contribution < 1.29 is 13.2 Å². The molecule has 0 saturated carbocycles. The minimum absolute atomic E-state index is 0.0170. The first-order chi connectivity index (χ1) is 16.8. The maximum absolute atomic E-state index is 12.9. The van der Waals surface area contributed by atoms with Gasteiger partial charge in [-0.2, -0.15) is 0 Å². The van der Waals surface area contributed by atoms with Crippen molar-refractivity contribution >= 4 is 32.9 Å². The number of anilines is 2. The molecule has 10 heteroatoms. The lowest BCUT2D eigenvalue weighted by Gasteiger charge is -2.32. The molecule has 0 bridgehead atoms. The fourth-order valence-electron chi connectivity index (χ4n) is 4.10. The minimum atomic E-state index is -3.26. The summed E-state index contributed by atoms with van der Waals surface area (Å²) in [5.41, 5.74) is 3.78. The smallest absolute Gasteiger partial charge is 0.254 e. The molecule has 1 saturated heterocycles. The number of nitrogens with one attached hydrogen (secondary N) is 1. The van der Waals surface area contributed by atoms with Crippen LogP contribution >= 0.6 is 0 Å². The van der Waals surface area contributed by atoms with E-state index in [0.717, 1.165) is 35.6 Å². The highest BCUT2D eigenvalue weighted by Gasteiger charge is 2.20. The lowest BCUT2D eigenvalue weighted by atomic mass is 10.1. The fraction of sp³-hybridized carbons (Fsp3) is 0.240. The molecule has 3 heterocycles. The molecule has 1 fully saturated rings. The molecule has 2 aromatic heterocycles. The lowest BCUT2D eigenvalue weighted by molar-refractivity contribution is 0.0664. The van der Waals surface area contributed by atoms with E-state index in [9.17, 15) is 13.2 Å². The van der Waals surface area contributed by atoms with E-state index >= 15 is 0 Å². The third kappa shape index (κ3) is 4.89. The Balaban J connectivity index is 1.39. The van der Waals surface area contributed by atoms with Gasteiger partial charge in [-0.05, 0) is 49.5 Å². The van der Waals surface area contributed by atoms with Gasteiger partial charge in [0.15, 0.2) is 9.84 Å². The average molecular weight is 491 g/mol. The molecule has 0 atom stereocenters. The number of rotatable bonds is 5. The molecule has 1 aliphatic heterocycles. The number of likely N-dealkylation sites (N-methyl/N-ethyl adjacent to an activating group) is 1. The van der Waals surface area contributed by atoms with E-state index in [1.807, 2.05) is 41.3 Å². The summed E-state index contributed by atoms with van der Waals surface area (Å²) in [5, 5.41) is 7.82. The molecule has 1 amide bonds. The Morgan fingerprint density at radius 3 is 2.43 bits per heavy atom. The van der Waals surface area contributed by atoms with Crippen molar-refractivity contribution in [3.05, 3.63) is 72.4 Å². The van der Waals surface area contributed by atoms with Gasteiger partial charge >= 0.3 is 0 Å². The normalized spacial score (nSPS) is 14.9. The molecule has 2 aromatic carbocycles. The topological polar surface area (TPSA) is 99.9 Å². The molecule has 35 heavy (non-hydrogen) atoms. The second-order valence-corrected chi connectivity index (χ2v) is 10.8. The van der Waals surface area contributed by atoms with Crippen LogP contribution < -0.4 is 5.32 Å². The molecule has 180 valence electrons. The third-order valence-electron chi connectivity index (χ3n) is 6.13. The number of hydrogen-bond acceptors (Lipinski definition) is 7. The molecule has 0 spiro atoms. The van der Waals surface area contributed by atoms with E-state index in [0.29, 0.717) is 24.6 Å². The summed E-state index contributed by atoms with van der Waals surface area (Å²) in [7, 11) is -1.20. The second-order valence-electron chi connectivity index (χ2n) is 8.73. The summed E-state index contributed by atoms with van der Waals surface area (Å²) >= 11 is 0. The number of amides is 1. The molecular weight excluding hydrogens is 464 g/mol. The van der Waals surface area contributed by atoms with Gasteiger partial charge in [0.05, 0.1) is 22.3 Å². The number of nitrogens with zero attached hydrogens (tertiary/aromatic N) is 5. The Hall–Kier alpha value is -3.76. The van der Waals surface area contributed by atoms with E-state index < -0.39 is 9.84 Å². The maximum Gasteiger partial charge on any atom is 0.254 e. The summed E-state index contributed by atoms with van der Waals surface area (Å²) in [5.74, 6) is 0.398. The van der Waals surface area contributed by atoms with Crippen LogP contribution in [0, 0.1) is 0 Å². The summed E-state index contributed by atoms with van der Waals surface area (Å²) in [6.07, 6.45) is 2.90. The van der Waals surface area contributed by atoms with Gasteiger partial charge in [-0.15, -0.1) is 5.10 Å². The van der Waals surface area contributed by atoms with Gasteiger partial charge in [-0.1, -0.05) is 18.2 Å². The highest BCUT2D eigenvalue weighted by molar-refractivity contribution is 7.90. The molecule has 1 aliphatic rings. The van der Waals surface area contributed by atoms with Crippen LogP contribution in [0.15, 0.2) is 71.8 Å². The second kappa shape index (κ2) is 9.12. The standard InChI is InChI=1S/C25H26N6O3S/c1-29-12-14-30(15-13-29)24(32)19-4-3-5-20(16-19)27-25-26-17-21-8-11-23(31(21)28-25)18-6-9-22(10-7-18)35(2,33)34/h3-11,16-17H,12-15H2,1-2H3,(H,27,28). The molecule has 0 aliphatic carbocycles. The number of piperazine rings is 1. The van der Waals surface area contributed by atoms with Gasteiger partial charge in [-0.3, -0.25) is 4.79 Å². The van der Waals surface area contributed by atoms with Crippen LogP contribution in [0.2, 0.25) is 0 Å². The highest BCUT2D eigenvalue weighted by Crippen LogP contribution is 2.24. The molecule has 4 aromatic rings. The zero-order chi connectivity index (χ0) is 24.6. The Bertz CT molecular complexity index is 1490. The number of fused-ring (bicyclic) bond motifs is 1. The van der Waals surface area contributed by atoms with Crippen LogP contribution in [-0.2, 0) is 9.84 Å². The summed E-state index contributed by atoms with van der Waals surface area (Å²) in [6, 6.07) is 17.9. The van der Waals surface area contributed by atoms with Gasteiger partial charge in [0.1, 0.15) is 0 Å². The lowest BCUT2D eigenvalue weighted by Crippen LogP contribution is -2.47. The van der Waals surface area contributed by atoms with E-state index in [4.69, 9.17) is 0 Å². The summed E-state index contributed by atoms with van der Waals surface area (Å²) in [6.45, 7) is 3.17. The largest absolute Gasteiger partial charge is 0.336 e. The molecule has 0 unspecified atom stereocenters. The predicted octanol–water partition coefficient (Wildman–Crippen LogP) is 2.93. The third-order valence-corrected chi connectivity index (χ3v) is 7.26. The van der Waals surface area contributed by atoms with Gasteiger partial charge < -0.3 is 15.1 Å². The fourth-order valence-corrected chi connectivity index (χ4v) is 4.73. The van der Waals surface area contributed by atoms with Crippen molar-refractivity contribution in [1.29, 1.82) is 0 Å². The van der Waals surface area contributed by atoms with E-state index in [2.05, 4.69) is 27.3 Å². The van der Waals surface area contributed by atoms with Crippen molar-refractivity contribution in [2.24, 2.45) is 0 Å². The van der Waals surface area contributed by atoms with Gasteiger partial charge in [0, 0.05) is 49.2 Å². The van der Waals surface area contributed by atoms with E-state index in [1.54, 1.807) is 35.0 Å². The summed E-state index contributed by atoms with van der Waals surface area (Å²) < 4.78 is 25.3. The molecular formula is C25H26N6O3S. The van der Waals surface area contributed by atoms with Crippen LogP contribution in [0.25, 0.3) is 16.8 Å². The molecule has 0 radical (unpaired) electrons. The first-order valence-corrected chi connectivity index (χ1v) is 13.2. The number of carbonyl (C=O) groups is 1. The molecule has 5 rings (SSSR count). The zero-order valence-electron chi connectivity index (χ0n) is 19.5. The van der Waals surface area contributed by atoms with Crippen molar-refractivity contribution in [2.45, 2.75) is 4.90 Å². The Morgan fingerprint density at radius 1 is 0.971 bits per heavy atom. The molecule has 1 N–H and O–H groups in total. The zero-order valence-corrected chi connectivity index (χ0v) is 20.4. The SMILES string of the molecule is CN1CCN(C(=O)c2cccc(Nc3ncc4ccc(-c5ccc(S(C)(=O)=O)cc5)n4n3)c2)CC1. The van der Waals surface area contributed by atoms with Crippen molar-refractivity contribution in [3.63, 3.8) is 0 Å². The number of aromatic nitrogens is 3. The highest BCUT2D eigenvalue weighted by atomic mass is 32.2. The van der Waals surface area contributed by atoms with Crippen molar-refractivity contribution in [2.75, 3.05) is 44.8 Å². The Labute approximate surface area is 203 Å². The van der Waals surface area contributed by atoms with Crippen LogP contribution in [0.1, 0.15) is 10.4 Å². The number of carbonyl (C=O) groups excluding carboxylic acids is 1. The van der Waals surface area contributed by atoms with Crippen LogP contribution in [0.3, 0.4) is 0 Å². The molecule has 9 nitrogen and oxygen atoms in total. The summed E-state index contributed by atoms with van der Waals surface area (Å²) in [4.78, 5) is 21.7. The van der Waals surface area contributed by atoms with Gasteiger partial charge in [0.2, 0.25) is 5.95 Å². The number of sulfone groups is 1. The maximum atomic E-state index is 12.9. The Kier molecular flexibility index (Phi) is 6.00. The van der Waals surface area contributed by atoms with E-state index in [1.165, 1.54) is 6.26 Å². The van der Waals surface area contributed by atoms with Gasteiger partial charge in [-0.25, -0.2) is 17.9 Å². The van der Waals surface area contributed by atoms with E-state index in [-0.39, 0.29) is 10.8 Å². The predicted molar refractivity (Wildman–Crippen MR) is 135 cm³/mol. The Morgan fingerprint density at radius 2 is 1.71 bits per heavy atom. The monoisotopic (exact) mass is 490 g/mol. The van der Waals surface area contributed by atoms with Crippen molar-refractivity contribution in [3.8, 4) is 11.3 Å². The average Bonchev–Trinajstić information content (AvgIpc) is 3.27. The van der Waals surface area contributed by atoms with Crippen LogP contribution in [-0.4, -0.2) is 78.2 Å². The number of benzene rings is 2. The van der Waals surface area contributed by atoms with Gasteiger partial charge in [0.25, 0.3) is 5.91 Å². The van der Waals surface area contributed by atoms with Crippen molar-refractivity contribution in [1.82, 2.24) is 24.4 Å².